The number of carbonyl (C=O) groups excluding carboxylic acids is 1. The molecule has 1 amide bonds. The van der Waals surface area contributed by atoms with E-state index in [1.54, 1.807) is 30.8 Å². The number of hydrogen-bond acceptors (Lipinski definition) is 2. The summed E-state index contributed by atoms with van der Waals surface area (Å²) in [5, 5.41) is 0. The van der Waals surface area contributed by atoms with Gasteiger partial charge in [0.05, 0.1) is 4.75 Å². The molecule has 3 heteroatoms. The van der Waals surface area contributed by atoms with Crippen molar-refractivity contribution >= 4 is 17.7 Å². The standard InChI is InChI=1S/C7H15NOS/c1-7(2,10-5)6(9)8(3)4/h1-5H3. The predicted octanol–water partition coefficient (Wildman–Crippen LogP) is 1.22. The predicted molar refractivity (Wildman–Crippen MR) is 46.3 cm³/mol. The summed E-state index contributed by atoms with van der Waals surface area (Å²) >= 11 is 1.57. The first-order chi connectivity index (χ1) is 4.41. The summed E-state index contributed by atoms with van der Waals surface area (Å²) in [7, 11) is 3.56. The van der Waals surface area contributed by atoms with Gasteiger partial charge in [0.25, 0.3) is 0 Å². The van der Waals surface area contributed by atoms with Gasteiger partial charge in [0.15, 0.2) is 0 Å². The second-order valence-corrected chi connectivity index (χ2v) is 4.34. The topological polar surface area (TPSA) is 20.3 Å². The molecule has 0 radical (unpaired) electrons. The van der Waals surface area contributed by atoms with Crippen LogP contribution >= 0.6 is 11.8 Å². The van der Waals surface area contributed by atoms with Crippen molar-refractivity contribution in [3.63, 3.8) is 0 Å². The van der Waals surface area contributed by atoms with Crippen molar-refractivity contribution < 1.29 is 4.79 Å². The van der Waals surface area contributed by atoms with Crippen LogP contribution in [0.15, 0.2) is 0 Å². The van der Waals surface area contributed by atoms with Gasteiger partial charge in [-0.3, -0.25) is 4.79 Å². The number of amides is 1. The number of thioether (sulfide) groups is 1. The molecule has 10 heavy (non-hydrogen) atoms. The number of nitrogens with zero attached hydrogens (tertiary/aromatic N) is 1. The summed E-state index contributed by atoms with van der Waals surface area (Å²) in [6, 6.07) is 0. The van der Waals surface area contributed by atoms with Crippen LogP contribution in [0.3, 0.4) is 0 Å². The average Bonchev–Trinajstić information content (AvgIpc) is 1.86. The Morgan fingerprint density at radius 3 is 1.90 bits per heavy atom. The Morgan fingerprint density at radius 1 is 1.40 bits per heavy atom. The Balaban J connectivity index is 4.19. The fraction of sp³-hybridized carbons (Fsp3) is 0.857. The van der Waals surface area contributed by atoms with Crippen molar-refractivity contribution in [3.8, 4) is 0 Å². The summed E-state index contributed by atoms with van der Waals surface area (Å²) in [4.78, 5) is 12.9. The van der Waals surface area contributed by atoms with Gasteiger partial charge in [0.1, 0.15) is 0 Å². The maximum atomic E-state index is 11.3. The molecule has 0 aromatic carbocycles. The lowest BCUT2D eigenvalue weighted by molar-refractivity contribution is -0.130. The van der Waals surface area contributed by atoms with Crippen molar-refractivity contribution in [1.82, 2.24) is 4.90 Å². The molecule has 0 heterocycles. The van der Waals surface area contributed by atoms with E-state index in [9.17, 15) is 4.79 Å². The van der Waals surface area contributed by atoms with Crippen LogP contribution in [0.4, 0.5) is 0 Å². The lowest BCUT2D eigenvalue weighted by atomic mass is 10.2. The second kappa shape index (κ2) is 3.28. The van der Waals surface area contributed by atoms with Gasteiger partial charge in [-0.05, 0) is 20.1 Å². The van der Waals surface area contributed by atoms with Crippen LogP contribution in [0.2, 0.25) is 0 Å². The van der Waals surface area contributed by atoms with E-state index in [1.165, 1.54) is 0 Å². The molecule has 2 nitrogen and oxygen atoms in total. The third kappa shape index (κ3) is 2.21. The first-order valence-corrected chi connectivity index (χ1v) is 4.41. The van der Waals surface area contributed by atoms with Crippen LogP contribution in [0.25, 0.3) is 0 Å². The monoisotopic (exact) mass is 161 g/mol. The summed E-state index contributed by atoms with van der Waals surface area (Å²) in [5.41, 5.74) is 0. The fourth-order valence-corrected chi connectivity index (χ4v) is 0.983. The highest BCUT2D eigenvalue weighted by molar-refractivity contribution is 8.00. The highest BCUT2D eigenvalue weighted by Crippen LogP contribution is 2.22. The van der Waals surface area contributed by atoms with Gasteiger partial charge >= 0.3 is 0 Å². The van der Waals surface area contributed by atoms with Crippen molar-refractivity contribution in [2.45, 2.75) is 18.6 Å². The smallest absolute Gasteiger partial charge is 0.237 e. The minimum Gasteiger partial charge on any atom is -0.348 e. The third-order valence-electron chi connectivity index (χ3n) is 1.43. The van der Waals surface area contributed by atoms with Crippen LogP contribution in [0, 0.1) is 0 Å². The number of rotatable bonds is 2. The summed E-state index contributed by atoms with van der Waals surface area (Å²) in [6.45, 7) is 3.86. The number of hydrogen-bond donors (Lipinski definition) is 0. The van der Waals surface area contributed by atoms with E-state index < -0.39 is 0 Å². The molecule has 0 aliphatic heterocycles. The SMILES string of the molecule is CSC(C)(C)C(=O)N(C)C. The molecule has 0 aliphatic rings. The van der Waals surface area contributed by atoms with E-state index >= 15 is 0 Å². The van der Waals surface area contributed by atoms with E-state index in [4.69, 9.17) is 0 Å². The first kappa shape index (κ1) is 9.82. The van der Waals surface area contributed by atoms with Crippen molar-refractivity contribution in [3.05, 3.63) is 0 Å². The first-order valence-electron chi connectivity index (χ1n) is 3.18. The Bertz CT molecular complexity index is 132. The maximum Gasteiger partial charge on any atom is 0.237 e. The third-order valence-corrected chi connectivity index (χ3v) is 2.63. The van der Waals surface area contributed by atoms with Crippen LogP contribution < -0.4 is 0 Å². The van der Waals surface area contributed by atoms with Crippen molar-refractivity contribution in [1.29, 1.82) is 0 Å². The van der Waals surface area contributed by atoms with Gasteiger partial charge in [-0.1, -0.05) is 0 Å². The highest BCUT2D eigenvalue weighted by Gasteiger charge is 2.27. The molecule has 0 rings (SSSR count). The summed E-state index contributed by atoms with van der Waals surface area (Å²) in [5.74, 6) is 0.167. The molecule has 0 fully saturated rings. The molecule has 0 aromatic rings. The molecular weight excluding hydrogens is 146 g/mol. The van der Waals surface area contributed by atoms with Gasteiger partial charge in [-0.25, -0.2) is 0 Å². The van der Waals surface area contributed by atoms with E-state index in [1.807, 2.05) is 20.1 Å². The van der Waals surface area contributed by atoms with Gasteiger partial charge < -0.3 is 4.90 Å². The van der Waals surface area contributed by atoms with Gasteiger partial charge in [-0.15, -0.1) is 11.8 Å². The zero-order valence-corrected chi connectivity index (χ0v) is 8.08. The van der Waals surface area contributed by atoms with E-state index in [-0.39, 0.29) is 10.7 Å². The Hall–Kier alpha value is -0.180. The van der Waals surface area contributed by atoms with Gasteiger partial charge in [0, 0.05) is 14.1 Å². The summed E-state index contributed by atoms with van der Waals surface area (Å²) in [6.07, 6.45) is 1.95. The second-order valence-electron chi connectivity index (χ2n) is 2.91. The minimum atomic E-state index is -0.274. The normalized spacial score (nSPS) is 11.3. The van der Waals surface area contributed by atoms with Crippen LogP contribution in [0.1, 0.15) is 13.8 Å². The lowest BCUT2D eigenvalue weighted by Gasteiger charge is -2.24. The van der Waals surface area contributed by atoms with Crippen molar-refractivity contribution in [2.24, 2.45) is 0 Å². The lowest BCUT2D eigenvalue weighted by Crippen LogP contribution is -2.38. The molecule has 0 saturated carbocycles. The Morgan fingerprint density at radius 2 is 1.80 bits per heavy atom. The zero-order valence-electron chi connectivity index (χ0n) is 7.26. The van der Waals surface area contributed by atoms with E-state index in [0.29, 0.717) is 0 Å². The molecule has 0 aliphatic carbocycles. The molecular formula is C7H15NOS. The van der Waals surface area contributed by atoms with Crippen LogP contribution in [0.5, 0.6) is 0 Å². The molecule has 0 unspecified atom stereocenters. The van der Waals surface area contributed by atoms with Crippen molar-refractivity contribution in [2.75, 3.05) is 20.4 Å². The van der Waals surface area contributed by atoms with E-state index in [2.05, 4.69) is 0 Å². The minimum absolute atomic E-state index is 0.167. The van der Waals surface area contributed by atoms with Gasteiger partial charge in [-0.2, -0.15) is 0 Å². The average molecular weight is 161 g/mol. The largest absolute Gasteiger partial charge is 0.348 e. The van der Waals surface area contributed by atoms with Gasteiger partial charge in [0.2, 0.25) is 5.91 Å². The molecule has 0 N–H and O–H groups in total. The maximum absolute atomic E-state index is 11.3. The zero-order chi connectivity index (χ0) is 8.36. The molecule has 0 aromatic heterocycles. The molecule has 60 valence electrons. The molecule has 0 spiro atoms. The molecule has 0 atom stereocenters. The van der Waals surface area contributed by atoms with E-state index in [0.717, 1.165) is 0 Å². The molecule has 0 saturated heterocycles. The number of carbonyl (C=O) groups is 1. The fourth-order valence-electron chi connectivity index (χ4n) is 0.626. The Labute approximate surface area is 67.0 Å². The van der Waals surface area contributed by atoms with Crippen LogP contribution in [-0.4, -0.2) is 35.9 Å². The van der Waals surface area contributed by atoms with Crippen LogP contribution in [-0.2, 0) is 4.79 Å². The highest BCUT2D eigenvalue weighted by atomic mass is 32.2. The quantitative estimate of drug-likeness (QED) is 0.607. The Kier molecular flexibility index (Phi) is 3.22. The molecule has 0 bridgehead atoms. The summed E-state index contributed by atoms with van der Waals surface area (Å²) < 4.78 is -0.274.